The lowest BCUT2D eigenvalue weighted by molar-refractivity contribution is 0.170. The van der Waals surface area contributed by atoms with E-state index < -0.39 is 10.0 Å². The number of benzene rings is 1. The number of piperidine rings is 1. The van der Waals surface area contributed by atoms with Gasteiger partial charge in [-0.3, -0.25) is 0 Å². The van der Waals surface area contributed by atoms with Crippen LogP contribution in [0.25, 0.3) is 0 Å². The summed E-state index contributed by atoms with van der Waals surface area (Å²) in [5.41, 5.74) is 0.540. The van der Waals surface area contributed by atoms with Crippen molar-refractivity contribution in [2.24, 2.45) is 0 Å². The molecule has 0 atom stereocenters. The van der Waals surface area contributed by atoms with Gasteiger partial charge in [0.1, 0.15) is 0 Å². The lowest BCUT2D eigenvalue weighted by atomic mass is 9.93. The molecule has 0 unspecified atom stereocenters. The Labute approximate surface area is 110 Å². The molecule has 0 radical (unpaired) electrons. The van der Waals surface area contributed by atoms with E-state index in [2.05, 4.69) is 0 Å². The number of hydrogen-bond donors (Lipinski definition) is 0. The predicted molar refractivity (Wildman–Crippen MR) is 73.0 cm³/mol. The van der Waals surface area contributed by atoms with Crippen LogP contribution >= 0.6 is 0 Å². The maximum absolute atomic E-state index is 12.7. The first-order valence-corrected chi connectivity index (χ1v) is 7.88. The second kappa shape index (κ2) is 4.67. The van der Waals surface area contributed by atoms with Crippen molar-refractivity contribution >= 4 is 10.0 Å². The van der Waals surface area contributed by atoms with E-state index in [-0.39, 0.29) is 5.54 Å². The van der Waals surface area contributed by atoms with Crippen LogP contribution in [0.1, 0.15) is 38.7 Å². The van der Waals surface area contributed by atoms with Crippen LogP contribution in [0.15, 0.2) is 29.2 Å². The minimum absolute atomic E-state index is 0.278. The first kappa shape index (κ1) is 13.6. The molecule has 0 amide bonds. The van der Waals surface area contributed by atoms with Gasteiger partial charge in [0.2, 0.25) is 10.0 Å². The van der Waals surface area contributed by atoms with Crippen LogP contribution in [0.4, 0.5) is 0 Å². The van der Waals surface area contributed by atoms with Crippen molar-refractivity contribution in [1.29, 1.82) is 0 Å². The van der Waals surface area contributed by atoms with Crippen LogP contribution in [0.2, 0.25) is 0 Å². The van der Waals surface area contributed by atoms with Crippen LogP contribution in [0, 0.1) is 6.92 Å². The summed E-state index contributed by atoms with van der Waals surface area (Å²) < 4.78 is 27.2. The zero-order valence-corrected chi connectivity index (χ0v) is 12.1. The topological polar surface area (TPSA) is 37.4 Å². The molecule has 1 saturated heterocycles. The van der Waals surface area contributed by atoms with E-state index in [0.717, 1.165) is 24.8 Å². The maximum atomic E-state index is 12.7. The summed E-state index contributed by atoms with van der Waals surface area (Å²) in [6.45, 7) is 6.51. The molecule has 0 aromatic heterocycles. The summed E-state index contributed by atoms with van der Waals surface area (Å²) in [7, 11) is -3.37. The van der Waals surface area contributed by atoms with Crippen LogP contribution < -0.4 is 0 Å². The Kier molecular flexibility index (Phi) is 3.52. The highest BCUT2D eigenvalue weighted by atomic mass is 32.2. The fourth-order valence-corrected chi connectivity index (χ4v) is 4.72. The van der Waals surface area contributed by atoms with E-state index in [9.17, 15) is 8.42 Å². The fourth-order valence-electron chi connectivity index (χ4n) is 2.65. The van der Waals surface area contributed by atoms with Crippen molar-refractivity contribution in [3.8, 4) is 0 Å². The van der Waals surface area contributed by atoms with Gasteiger partial charge in [-0.1, -0.05) is 24.6 Å². The lowest BCUT2D eigenvalue weighted by Crippen LogP contribution is -2.50. The highest BCUT2D eigenvalue weighted by Gasteiger charge is 2.39. The first-order chi connectivity index (χ1) is 8.36. The maximum Gasteiger partial charge on any atom is 0.243 e. The van der Waals surface area contributed by atoms with Gasteiger partial charge in [-0.05, 0) is 45.2 Å². The van der Waals surface area contributed by atoms with Gasteiger partial charge >= 0.3 is 0 Å². The molecule has 4 heteroatoms. The normalized spacial score (nSPS) is 20.8. The molecule has 0 saturated carbocycles. The van der Waals surface area contributed by atoms with Crippen molar-refractivity contribution in [3.63, 3.8) is 0 Å². The molecule has 18 heavy (non-hydrogen) atoms. The second-order valence-corrected chi connectivity index (χ2v) is 7.44. The Bertz CT molecular complexity index is 534. The smallest absolute Gasteiger partial charge is 0.207 e. The largest absolute Gasteiger partial charge is 0.243 e. The number of sulfonamides is 1. The van der Waals surface area contributed by atoms with Crippen LogP contribution in [-0.4, -0.2) is 24.8 Å². The third-order valence-electron chi connectivity index (χ3n) is 3.74. The van der Waals surface area contributed by atoms with Gasteiger partial charge < -0.3 is 0 Å². The lowest BCUT2D eigenvalue weighted by Gasteiger charge is -2.41. The van der Waals surface area contributed by atoms with Crippen molar-refractivity contribution in [3.05, 3.63) is 29.8 Å². The summed E-state index contributed by atoms with van der Waals surface area (Å²) in [6, 6.07) is 7.21. The number of aryl methyl sites for hydroxylation is 1. The summed E-state index contributed by atoms with van der Waals surface area (Å²) in [5.74, 6) is 0. The molecule has 2 rings (SSSR count). The van der Waals surface area contributed by atoms with Gasteiger partial charge in [-0.15, -0.1) is 0 Å². The zero-order valence-electron chi connectivity index (χ0n) is 11.3. The van der Waals surface area contributed by atoms with Gasteiger partial charge in [0, 0.05) is 12.1 Å². The predicted octanol–water partition coefficient (Wildman–Crippen LogP) is 2.95. The summed E-state index contributed by atoms with van der Waals surface area (Å²) in [6.07, 6.45) is 2.99. The van der Waals surface area contributed by atoms with Gasteiger partial charge in [0.25, 0.3) is 0 Å². The third-order valence-corrected chi connectivity index (χ3v) is 6.01. The fraction of sp³-hybridized carbons (Fsp3) is 0.571. The van der Waals surface area contributed by atoms with Gasteiger partial charge in [0.05, 0.1) is 4.90 Å². The average Bonchev–Trinajstić information content (AvgIpc) is 2.28. The third kappa shape index (κ3) is 2.31. The van der Waals surface area contributed by atoms with Gasteiger partial charge in [-0.25, -0.2) is 8.42 Å². The minimum atomic E-state index is -3.37. The molecule has 3 nitrogen and oxygen atoms in total. The Hall–Kier alpha value is -0.870. The van der Waals surface area contributed by atoms with E-state index in [0.29, 0.717) is 11.4 Å². The van der Waals surface area contributed by atoms with Crippen LogP contribution in [0.5, 0.6) is 0 Å². The molecule has 1 fully saturated rings. The quantitative estimate of drug-likeness (QED) is 0.826. The molecule has 0 aliphatic carbocycles. The molecule has 0 spiro atoms. The van der Waals surface area contributed by atoms with E-state index >= 15 is 0 Å². The average molecular weight is 267 g/mol. The van der Waals surface area contributed by atoms with Gasteiger partial charge in [0.15, 0.2) is 0 Å². The van der Waals surface area contributed by atoms with Crippen LogP contribution in [0.3, 0.4) is 0 Å². The molecule has 1 aliphatic heterocycles. The molecule has 1 heterocycles. The Balaban J connectivity index is 2.46. The van der Waals surface area contributed by atoms with E-state index in [4.69, 9.17) is 0 Å². The minimum Gasteiger partial charge on any atom is -0.207 e. The molecule has 1 aromatic rings. The SMILES string of the molecule is Cc1ccccc1S(=O)(=O)N1CCCCC1(C)C. The van der Waals surface area contributed by atoms with E-state index in [1.165, 1.54) is 0 Å². The Morgan fingerprint density at radius 2 is 1.83 bits per heavy atom. The molecular formula is C14H21NO2S. The Morgan fingerprint density at radius 3 is 2.44 bits per heavy atom. The molecule has 0 bridgehead atoms. The molecule has 100 valence electrons. The summed E-state index contributed by atoms with van der Waals surface area (Å²) >= 11 is 0. The molecule has 1 aliphatic rings. The zero-order chi connectivity index (χ0) is 13.4. The van der Waals surface area contributed by atoms with Gasteiger partial charge in [-0.2, -0.15) is 4.31 Å². The Morgan fingerprint density at radius 1 is 1.17 bits per heavy atom. The monoisotopic (exact) mass is 267 g/mol. The summed E-state index contributed by atoms with van der Waals surface area (Å²) in [4.78, 5) is 0.444. The van der Waals surface area contributed by atoms with Crippen molar-refractivity contribution in [1.82, 2.24) is 4.31 Å². The number of rotatable bonds is 2. The van der Waals surface area contributed by atoms with Crippen molar-refractivity contribution in [2.75, 3.05) is 6.54 Å². The van der Waals surface area contributed by atoms with E-state index in [1.54, 1.807) is 16.4 Å². The van der Waals surface area contributed by atoms with Crippen molar-refractivity contribution in [2.45, 2.75) is 50.5 Å². The number of hydrogen-bond acceptors (Lipinski definition) is 2. The molecule has 1 aromatic carbocycles. The highest BCUT2D eigenvalue weighted by Crippen LogP contribution is 2.33. The van der Waals surface area contributed by atoms with Crippen LogP contribution in [-0.2, 0) is 10.0 Å². The van der Waals surface area contributed by atoms with E-state index in [1.807, 2.05) is 32.9 Å². The summed E-state index contributed by atoms with van der Waals surface area (Å²) in [5, 5.41) is 0. The van der Waals surface area contributed by atoms with Crippen molar-refractivity contribution < 1.29 is 8.42 Å². The second-order valence-electron chi connectivity index (χ2n) is 5.61. The molecular weight excluding hydrogens is 246 g/mol. The first-order valence-electron chi connectivity index (χ1n) is 6.44. The number of nitrogens with zero attached hydrogens (tertiary/aromatic N) is 1. The highest BCUT2D eigenvalue weighted by molar-refractivity contribution is 7.89. The molecule has 0 N–H and O–H groups in total. The standard InChI is InChI=1S/C14H21NO2S/c1-12-8-4-5-9-13(12)18(16,17)15-11-7-6-10-14(15,2)3/h4-5,8-9H,6-7,10-11H2,1-3H3.